The van der Waals surface area contributed by atoms with Crippen LogP contribution in [0, 0.1) is 0 Å². The molecule has 1 aliphatic rings. The van der Waals surface area contributed by atoms with E-state index in [4.69, 9.17) is 0 Å². The second-order valence-corrected chi connectivity index (χ2v) is 18.3. The zero-order valence-corrected chi connectivity index (χ0v) is 38.1. The Balaban J connectivity index is 1.20. The molecule has 0 aromatic heterocycles. The fraction of sp³-hybridized carbons (Fsp3) is 0.0769. The van der Waals surface area contributed by atoms with E-state index >= 15 is 0 Å². The quantitative estimate of drug-likeness (QED) is 0.141. The maximum Gasteiger partial charge on any atom is 0.0502 e. The number of para-hydroxylation sites is 4. The Morgan fingerprint density at radius 3 is 1.72 bits per heavy atom. The summed E-state index contributed by atoms with van der Waals surface area (Å²) in [6, 6.07) is 87.6. The van der Waals surface area contributed by atoms with E-state index in [1.807, 2.05) is 0 Å². The van der Waals surface area contributed by atoms with E-state index in [1.165, 1.54) is 99.5 Å². The first-order valence-electron chi connectivity index (χ1n) is 23.6. The zero-order valence-electron chi connectivity index (χ0n) is 38.1. The fourth-order valence-corrected chi connectivity index (χ4v) is 11.0. The van der Waals surface area contributed by atoms with Gasteiger partial charge in [0, 0.05) is 28.2 Å². The van der Waals surface area contributed by atoms with Crippen LogP contribution >= 0.6 is 0 Å². The van der Waals surface area contributed by atoms with Crippen LogP contribution in [-0.4, -0.2) is 0 Å². The molecule has 12 rings (SSSR count). The van der Waals surface area contributed by atoms with Crippen molar-refractivity contribution in [3.8, 4) is 33.4 Å². The molecule has 320 valence electrons. The summed E-state index contributed by atoms with van der Waals surface area (Å²) in [5.74, 6) is 0. The van der Waals surface area contributed by atoms with Gasteiger partial charge in [-0.05, 0) is 143 Å². The Kier molecular flexibility index (Phi) is 9.84. The Bertz CT molecular complexity index is 3590. The van der Waals surface area contributed by atoms with Gasteiger partial charge in [-0.2, -0.15) is 0 Å². The Morgan fingerprint density at radius 1 is 0.403 bits per heavy atom. The average Bonchev–Trinajstić information content (AvgIpc) is 3.39. The number of anilines is 6. The van der Waals surface area contributed by atoms with E-state index in [0.717, 1.165) is 23.5 Å². The van der Waals surface area contributed by atoms with Crippen molar-refractivity contribution in [1.29, 1.82) is 0 Å². The third-order valence-corrected chi connectivity index (χ3v) is 14.2. The van der Waals surface area contributed by atoms with Crippen LogP contribution in [0.15, 0.2) is 237 Å². The van der Waals surface area contributed by atoms with Gasteiger partial charge in [0.05, 0.1) is 11.4 Å². The highest BCUT2D eigenvalue weighted by molar-refractivity contribution is 6.24. The molecule has 0 fully saturated rings. The second-order valence-electron chi connectivity index (χ2n) is 18.3. The molecule has 0 aliphatic carbocycles. The summed E-state index contributed by atoms with van der Waals surface area (Å²) in [4.78, 5) is 4.94. The van der Waals surface area contributed by atoms with Gasteiger partial charge in [-0.1, -0.05) is 203 Å². The minimum atomic E-state index is -0.160. The molecule has 2 nitrogen and oxygen atoms in total. The number of rotatable bonds is 8. The highest BCUT2D eigenvalue weighted by Crippen LogP contribution is 2.54. The maximum absolute atomic E-state index is 2.49. The third kappa shape index (κ3) is 6.71. The van der Waals surface area contributed by atoms with Gasteiger partial charge in [-0.25, -0.2) is 0 Å². The molecular formula is C65H50N2. The van der Waals surface area contributed by atoms with Crippen molar-refractivity contribution in [3.63, 3.8) is 0 Å². The first-order chi connectivity index (χ1) is 33.0. The summed E-state index contributed by atoms with van der Waals surface area (Å²) < 4.78 is 0. The largest absolute Gasteiger partial charge is 0.310 e. The van der Waals surface area contributed by atoms with Crippen molar-refractivity contribution in [2.24, 2.45) is 0 Å². The minimum Gasteiger partial charge on any atom is -0.310 e. The average molecular weight is 859 g/mol. The Labute approximate surface area is 393 Å². The van der Waals surface area contributed by atoms with Crippen LogP contribution in [0.2, 0.25) is 0 Å². The predicted octanol–water partition coefficient (Wildman–Crippen LogP) is 18.3. The topological polar surface area (TPSA) is 6.48 Å². The molecule has 11 aromatic carbocycles. The zero-order chi connectivity index (χ0) is 45.1. The van der Waals surface area contributed by atoms with Gasteiger partial charge in [0.15, 0.2) is 0 Å². The summed E-state index contributed by atoms with van der Waals surface area (Å²) in [6.45, 7) is 6.96. The van der Waals surface area contributed by atoms with Crippen molar-refractivity contribution < 1.29 is 0 Å². The van der Waals surface area contributed by atoms with Gasteiger partial charge in [0.2, 0.25) is 0 Å². The number of aryl methyl sites for hydroxylation is 1. The lowest BCUT2D eigenvalue weighted by molar-refractivity contribution is 0.632. The second kappa shape index (κ2) is 16.3. The van der Waals surface area contributed by atoms with E-state index in [1.54, 1.807) is 0 Å². The molecule has 2 heteroatoms. The lowest BCUT2D eigenvalue weighted by atomic mass is 9.73. The lowest BCUT2D eigenvalue weighted by Crippen LogP contribution is -2.30. The third-order valence-electron chi connectivity index (χ3n) is 14.2. The van der Waals surface area contributed by atoms with Crippen LogP contribution in [0.25, 0.3) is 65.7 Å². The van der Waals surface area contributed by atoms with Gasteiger partial charge in [-0.3, -0.25) is 0 Å². The van der Waals surface area contributed by atoms with Gasteiger partial charge in [0.1, 0.15) is 0 Å². The molecule has 67 heavy (non-hydrogen) atoms. The van der Waals surface area contributed by atoms with Crippen molar-refractivity contribution in [3.05, 3.63) is 253 Å². The van der Waals surface area contributed by atoms with Crippen LogP contribution in [0.4, 0.5) is 34.1 Å². The molecule has 1 heterocycles. The van der Waals surface area contributed by atoms with E-state index < -0.39 is 0 Å². The standard InChI is InChI=1S/C65H50N2/c1-4-44-20-12-16-31-60(44)66(49-25-9-6-10-26-49)50-38-40-54-57(42-50)64(53-28-19-24-47-23-11-13-27-52(47)53)55-41-39-51(43-56(55)63(54)48-36-34-46(35-37-48)45-21-7-5-8-22-45)67-61-32-17-14-29-58(61)65(2,3)59-30-15-18-33-62(59)67/h5-43H,4H2,1-3H3. The molecule has 0 saturated heterocycles. The smallest absolute Gasteiger partial charge is 0.0502 e. The first-order valence-corrected chi connectivity index (χ1v) is 23.6. The maximum atomic E-state index is 2.49. The SMILES string of the molecule is CCc1ccccc1N(c1ccccc1)c1ccc2c(-c3ccc(-c4ccccc4)cc3)c3cc(N4c5ccccc5C(C)(C)c5ccccc54)ccc3c(-c3cccc4ccccc34)c2c1. The van der Waals surface area contributed by atoms with Crippen LogP contribution in [0.3, 0.4) is 0 Å². The van der Waals surface area contributed by atoms with Crippen molar-refractivity contribution in [2.75, 3.05) is 9.80 Å². The van der Waals surface area contributed by atoms with Gasteiger partial charge in [0.25, 0.3) is 0 Å². The monoisotopic (exact) mass is 858 g/mol. The fourth-order valence-electron chi connectivity index (χ4n) is 11.0. The first kappa shape index (κ1) is 40.3. The number of hydrogen-bond donors (Lipinski definition) is 0. The minimum absolute atomic E-state index is 0.160. The van der Waals surface area contributed by atoms with Crippen LogP contribution in [0.1, 0.15) is 37.5 Å². The van der Waals surface area contributed by atoms with E-state index in [0.29, 0.717) is 0 Å². The van der Waals surface area contributed by atoms with E-state index in [9.17, 15) is 0 Å². The van der Waals surface area contributed by atoms with Crippen molar-refractivity contribution >= 4 is 66.4 Å². The number of fused-ring (bicyclic) bond motifs is 5. The van der Waals surface area contributed by atoms with E-state index in [-0.39, 0.29) is 5.41 Å². The molecule has 0 N–H and O–H groups in total. The molecular weight excluding hydrogens is 809 g/mol. The van der Waals surface area contributed by atoms with Crippen molar-refractivity contribution in [2.45, 2.75) is 32.6 Å². The molecule has 0 amide bonds. The summed E-state index contributed by atoms with van der Waals surface area (Å²) in [6.07, 6.45) is 0.925. The molecule has 11 aromatic rings. The molecule has 0 radical (unpaired) electrons. The Morgan fingerprint density at radius 2 is 0.970 bits per heavy atom. The summed E-state index contributed by atoms with van der Waals surface area (Å²) in [7, 11) is 0. The van der Waals surface area contributed by atoms with Crippen LogP contribution < -0.4 is 9.80 Å². The molecule has 0 unspecified atom stereocenters. The number of hydrogen-bond acceptors (Lipinski definition) is 2. The molecule has 1 aliphatic heterocycles. The van der Waals surface area contributed by atoms with Gasteiger partial charge >= 0.3 is 0 Å². The summed E-state index contributed by atoms with van der Waals surface area (Å²) in [5, 5.41) is 7.30. The van der Waals surface area contributed by atoms with Crippen LogP contribution in [0.5, 0.6) is 0 Å². The van der Waals surface area contributed by atoms with Crippen LogP contribution in [-0.2, 0) is 11.8 Å². The van der Waals surface area contributed by atoms with Crippen molar-refractivity contribution in [1.82, 2.24) is 0 Å². The normalized spacial score (nSPS) is 12.9. The predicted molar refractivity (Wildman–Crippen MR) is 286 cm³/mol. The summed E-state index contributed by atoms with van der Waals surface area (Å²) >= 11 is 0. The Hall–Kier alpha value is -8.20. The highest BCUT2D eigenvalue weighted by atomic mass is 15.2. The molecule has 0 bridgehead atoms. The highest BCUT2D eigenvalue weighted by Gasteiger charge is 2.36. The lowest BCUT2D eigenvalue weighted by Gasteiger charge is -2.42. The van der Waals surface area contributed by atoms with Gasteiger partial charge < -0.3 is 9.80 Å². The van der Waals surface area contributed by atoms with E-state index in [2.05, 4.69) is 267 Å². The number of benzene rings is 11. The molecule has 0 spiro atoms. The number of nitrogens with zero attached hydrogens (tertiary/aromatic N) is 2. The van der Waals surface area contributed by atoms with Gasteiger partial charge in [-0.15, -0.1) is 0 Å². The summed E-state index contributed by atoms with van der Waals surface area (Å²) in [5.41, 5.74) is 18.0. The molecule has 0 atom stereocenters. The molecule has 0 saturated carbocycles.